The molecule has 1 rings (SSSR count). The molecule has 0 aromatic heterocycles. The monoisotopic (exact) mass is 292 g/mol. The molecule has 2 amide bonds. The van der Waals surface area contributed by atoms with E-state index in [1.165, 1.54) is 6.07 Å². The molecule has 3 N–H and O–H groups in total. The van der Waals surface area contributed by atoms with Crippen LogP contribution in [0.2, 0.25) is 0 Å². The predicted molar refractivity (Wildman–Crippen MR) is 80.8 cm³/mol. The number of carbonyl (C=O) groups excluding carboxylic acids is 1. The van der Waals surface area contributed by atoms with Crippen molar-refractivity contribution in [3.05, 3.63) is 42.0 Å². The molecule has 0 saturated carbocycles. The van der Waals surface area contributed by atoms with E-state index < -0.39 is 12.0 Å². The van der Waals surface area contributed by atoms with Crippen molar-refractivity contribution in [2.75, 3.05) is 25.1 Å². The largest absolute Gasteiger partial charge is 0.478 e. The Labute approximate surface area is 123 Å². The summed E-state index contributed by atoms with van der Waals surface area (Å²) in [6.45, 7) is 6.66. The Morgan fingerprint density at radius 1 is 1.38 bits per heavy atom. The number of hydrogen-bond acceptors (Lipinski definition) is 3. The summed E-state index contributed by atoms with van der Waals surface area (Å²) in [6.07, 6.45) is 2.52. The van der Waals surface area contributed by atoms with Gasteiger partial charge in [0.1, 0.15) is 0 Å². The summed E-state index contributed by atoms with van der Waals surface area (Å²) in [5, 5.41) is 14.2. The number of anilines is 1. The standard InChI is InChI=1S/C15H20N2O4/c1-3-4-8-21-9-7-16-15(20)17-13-6-5-11(2)10-12(13)14(18)19/h3,5-6,10H,1,4,7-9H2,2H3,(H,18,19)(H2,16,17,20). The topological polar surface area (TPSA) is 87.7 Å². The molecule has 6 heteroatoms. The molecule has 0 aliphatic carbocycles. The van der Waals surface area contributed by atoms with Gasteiger partial charge in [0.25, 0.3) is 0 Å². The van der Waals surface area contributed by atoms with E-state index in [1.807, 2.05) is 0 Å². The first kappa shape index (κ1) is 16.7. The molecule has 0 aliphatic heterocycles. The number of ether oxygens (including phenoxy) is 1. The SMILES string of the molecule is C=CCCOCCNC(=O)Nc1ccc(C)cc1C(=O)O. The average molecular weight is 292 g/mol. The summed E-state index contributed by atoms with van der Waals surface area (Å²) in [5.41, 5.74) is 1.14. The maximum Gasteiger partial charge on any atom is 0.337 e. The number of urea groups is 1. The number of carboxylic acids is 1. The van der Waals surface area contributed by atoms with Gasteiger partial charge in [-0.05, 0) is 25.5 Å². The van der Waals surface area contributed by atoms with E-state index in [1.54, 1.807) is 25.1 Å². The third-order valence-electron chi connectivity index (χ3n) is 2.65. The van der Waals surface area contributed by atoms with Crippen LogP contribution in [0.5, 0.6) is 0 Å². The van der Waals surface area contributed by atoms with Crippen LogP contribution in [-0.4, -0.2) is 36.9 Å². The van der Waals surface area contributed by atoms with Crippen molar-refractivity contribution in [3.8, 4) is 0 Å². The minimum atomic E-state index is -1.08. The summed E-state index contributed by atoms with van der Waals surface area (Å²) in [6, 6.07) is 4.35. The first-order valence-electron chi connectivity index (χ1n) is 6.62. The Kier molecular flexibility index (Phi) is 6.97. The molecule has 0 heterocycles. The third-order valence-corrected chi connectivity index (χ3v) is 2.65. The van der Waals surface area contributed by atoms with Gasteiger partial charge in [0.05, 0.1) is 24.5 Å². The molecule has 21 heavy (non-hydrogen) atoms. The molecule has 0 unspecified atom stereocenters. The van der Waals surface area contributed by atoms with Crippen LogP contribution in [0.3, 0.4) is 0 Å². The van der Waals surface area contributed by atoms with E-state index >= 15 is 0 Å². The molecule has 0 fully saturated rings. The lowest BCUT2D eigenvalue weighted by Gasteiger charge is -2.10. The number of rotatable bonds is 8. The lowest BCUT2D eigenvalue weighted by Crippen LogP contribution is -2.32. The van der Waals surface area contributed by atoms with E-state index in [2.05, 4.69) is 17.2 Å². The smallest absolute Gasteiger partial charge is 0.337 e. The lowest BCUT2D eigenvalue weighted by molar-refractivity contribution is 0.0698. The molecular formula is C15H20N2O4. The summed E-state index contributed by atoms with van der Waals surface area (Å²) in [5.74, 6) is -1.08. The van der Waals surface area contributed by atoms with Gasteiger partial charge in [-0.3, -0.25) is 0 Å². The van der Waals surface area contributed by atoms with Crippen LogP contribution in [-0.2, 0) is 4.74 Å². The quantitative estimate of drug-likeness (QED) is 0.507. The number of carboxylic acid groups (broad SMARTS) is 1. The average Bonchev–Trinajstić information content (AvgIpc) is 2.44. The van der Waals surface area contributed by atoms with Crippen molar-refractivity contribution in [2.24, 2.45) is 0 Å². The second-order valence-corrected chi connectivity index (χ2v) is 4.42. The Balaban J connectivity index is 2.44. The number of aromatic carboxylic acids is 1. The summed E-state index contributed by atoms with van der Waals surface area (Å²) in [4.78, 5) is 22.8. The van der Waals surface area contributed by atoms with Crippen LogP contribution < -0.4 is 10.6 Å². The lowest BCUT2D eigenvalue weighted by atomic mass is 10.1. The number of aryl methyl sites for hydroxylation is 1. The van der Waals surface area contributed by atoms with Gasteiger partial charge in [-0.1, -0.05) is 17.7 Å². The van der Waals surface area contributed by atoms with Crippen LogP contribution >= 0.6 is 0 Å². The van der Waals surface area contributed by atoms with E-state index in [0.29, 0.717) is 19.8 Å². The van der Waals surface area contributed by atoms with Gasteiger partial charge >= 0.3 is 12.0 Å². The molecule has 0 atom stereocenters. The normalized spacial score (nSPS) is 9.95. The van der Waals surface area contributed by atoms with Gasteiger partial charge in [-0.15, -0.1) is 6.58 Å². The molecule has 0 aliphatic rings. The van der Waals surface area contributed by atoms with Gasteiger partial charge in [-0.25, -0.2) is 9.59 Å². The van der Waals surface area contributed by atoms with Gasteiger partial charge in [0.15, 0.2) is 0 Å². The molecule has 6 nitrogen and oxygen atoms in total. The fraction of sp³-hybridized carbons (Fsp3) is 0.333. The van der Waals surface area contributed by atoms with Gasteiger partial charge in [-0.2, -0.15) is 0 Å². The number of nitrogens with one attached hydrogen (secondary N) is 2. The second-order valence-electron chi connectivity index (χ2n) is 4.42. The van der Waals surface area contributed by atoms with Gasteiger partial charge < -0.3 is 20.5 Å². The molecule has 0 spiro atoms. The molecule has 1 aromatic rings. The number of benzene rings is 1. The van der Waals surface area contributed by atoms with Crippen LogP contribution in [0.1, 0.15) is 22.3 Å². The number of carbonyl (C=O) groups is 2. The van der Waals surface area contributed by atoms with Crippen molar-refractivity contribution in [2.45, 2.75) is 13.3 Å². The van der Waals surface area contributed by atoms with Crippen LogP contribution in [0, 0.1) is 6.92 Å². The highest BCUT2D eigenvalue weighted by Crippen LogP contribution is 2.17. The summed E-state index contributed by atoms with van der Waals surface area (Å²) < 4.78 is 5.24. The third kappa shape index (κ3) is 6.09. The zero-order valence-corrected chi connectivity index (χ0v) is 12.0. The van der Waals surface area contributed by atoms with Crippen LogP contribution in [0.15, 0.2) is 30.9 Å². The molecular weight excluding hydrogens is 272 g/mol. The fourth-order valence-corrected chi connectivity index (χ4v) is 1.62. The van der Waals surface area contributed by atoms with E-state index in [4.69, 9.17) is 9.84 Å². The Bertz CT molecular complexity index is 514. The predicted octanol–water partition coefficient (Wildman–Crippen LogP) is 2.41. The van der Waals surface area contributed by atoms with Crippen LogP contribution in [0.25, 0.3) is 0 Å². The van der Waals surface area contributed by atoms with Crippen molar-refractivity contribution in [1.82, 2.24) is 5.32 Å². The maximum absolute atomic E-state index is 11.7. The maximum atomic E-state index is 11.7. The molecule has 0 bridgehead atoms. The highest BCUT2D eigenvalue weighted by Gasteiger charge is 2.12. The first-order chi connectivity index (χ1) is 10.0. The molecule has 1 aromatic carbocycles. The van der Waals surface area contributed by atoms with Gasteiger partial charge in [0.2, 0.25) is 0 Å². The van der Waals surface area contributed by atoms with Crippen molar-refractivity contribution in [1.29, 1.82) is 0 Å². The second kappa shape index (κ2) is 8.76. The fourth-order valence-electron chi connectivity index (χ4n) is 1.62. The number of hydrogen-bond donors (Lipinski definition) is 3. The minimum Gasteiger partial charge on any atom is -0.478 e. The van der Waals surface area contributed by atoms with E-state index in [-0.39, 0.29) is 11.3 Å². The zero-order chi connectivity index (χ0) is 15.7. The highest BCUT2D eigenvalue weighted by atomic mass is 16.5. The Morgan fingerprint density at radius 3 is 2.81 bits per heavy atom. The number of amides is 2. The van der Waals surface area contributed by atoms with Crippen molar-refractivity contribution in [3.63, 3.8) is 0 Å². The first-order valence-corrected chi connectivity index (χ1v) is 6.62. The van der Waals surface area contributed by atoms with Crippen LogP contribution in [0.4, 0.5) is 10.5 Å². The summed E-state index contributed by atoms with van der Waals surface area (Å²) in [7, 11) is 0. The highest BCUT2D eigenvalue weighted by molar-refractivity contribution is 6.00. The van der Waals surface area contributed by atoms with Crippen molar-refractivity contribution >= 4 is 17.7 Å². The van der Waals surface area contributed by atoms with Crippen molar-refractivity contribution < 1.29 is 19.4 Å². The Morgan fingerprint density at radius 2 is 2.14 bits per heavy atom. The summed E-state index contributed by atoms with van der Waals surface area (Å²) >= 11 is 0. The van der Waals surface area contributed by atoms with Gasteiger partial charge in [0, 0.05) is 6.54 Å². The van der Waals surface area contributed by atoms with E-state index in [9.17, 15) is 9.59 Å². The minimum absolute atomic E-state index is 0.0624. The Hall–Kier alpha value is -2.34. The molecule has 0 radical (unpaired) electrons. The zero-order valence-electron chi connectivity index (χ0n) is 12.0. The van der Waals surface area contributed by atoms with E-state index in [0.717, 1.165) is 12.0 Å². The molecule has 114 valence electrons. The molecule has 0 saturated heterocycles.